The molecule has 0 spiro atoms. The summed E-state index contributed by atoms with van der Waals surface area (Å²) in [6.45, 7) is 8.85. The Kier molecular flexibility index (Phi) is 4.88. The average molecular weight is 265 g/mol. The van der Waals surface area contributed by atoms with E-state index in [1.54, 1.807) is 12.3 Å². The van der Waals surface area contributed by atoms with Crippen LogP contribution in [-0.2, 0) is 0 Å². The Hall–Kier alpha value is -1.00. The van der Waals surface area contributed by atoms with Gasteiger partial charge in [-0.25, -0.2) is 4.39 Å². The topological polar surface area (TPSA) is 28.2 Å². The second kappa shape index (κ2) is 6.44. The summed E-state index contributed by atoms with van der Waals surface area (Å²) in [5.74, 6) is -0.263. The van der Waals surface area contributed by atoms with E-state index in [1.165, 1.54) is 6.20 Å². The molecule has 3 nitrogen and oxygen atoms in total. The normalized spacial score (nSPS) is 19.8. The largest absolute Gasteiger partial charge is 0.307 e. The summed E-state index contributed by atoms with van der Waals surface area (Å²) in [6.07, 6.45) is 5.30. The van der Waals surface area contributed by atoms with Gasteiger partial charge in [0.25, 0.3) is 0 Å². The van der Waals surface area contributed by atoms with Gasteiger partial charge in [0.2, 0.25) is 0 Å². The number of aromatic nitrogens is 1. The van der Waals surface area contributed by atoms with Crippen molar-refractivity contribution in [2.45, 2.75) is 51.7 Å². The maximum atomic E-state index is 13.1. The van der Waals surface area contributed by atoms with Crippen LogP contribution in [0.15, 0.2) is 18.5 Å². The zero-order valence-electron chi connectivity index (χ0n) is 12.1. The second-order valence-electron chi connectivity index (χ2n) is 5.73. The Bertz CT molecular complexity index is 400. The second-order valence-corrected chi connectivity index (χ2v) is 5.73. The van der Waals surface area contributed by atoms with Crippen molar-refractivity contribution in [3.8, 4) is 0 Å². The number of piperidine rings is 1. The molecule has 1 fully saturated rings. The molecule has 2 rings (SSSR count). The lowest BCUT2D eigenvalue weighted by Crippen LogP contribution is -2.45. The molecule has 1 saturated heterocycles. The van der Waals surface area contributed by atoms with Crippen molar-refractivity contribution in [2.24, 2.45) is 0 Å². The first-order valence-electron chi connectivity index (χ1n) is 7.17. The fourth-order valence-electron chi connectivity index (χ4n) is 2.70. The van der Waals surface area contributed by atoms with Crippen LogP contribution in [0, 0.1) is 5.82 Å². The van der Waals surface area contributed by atoms with Gasteiger partial charge in [-0.1, -0.05) is 0 Å². The van der Waals surface area contributed by atoms with Gasteiger partial charge in [0.15, 0.2) is 0 Å². The molecule has 1 aliphatic rings. The number of hydrogen-bond donors (Lipinski definition) is 1. The number of hydrogen-bond acceptors (Lipinski definition) is 3. The Morgan fingerprint density at radius 2 is 1.95 bits per heavy atom. The lowest BCUT2D eigenvalue weighted by molar-refractivity contribution is 0.157. The van der Waals surface area contributed by atoms with Crippen LogP contribution in [0.25, 0.3) is 0 Å². The summed E-state index contributed by atoms with van der Waals surface area (Å²) in [4.78, 5) is 6.42. The maximum absolute atomic E-state index is 13.1. The molecule has 1 atom stereocenters. The van der Waals surface area contributed by atoms with Crippen molar-refractivity contribution in [1.82, 2.24) is 15.2 Å². The van der Waals surface area contributed by atoms with Gasteiger partial charge >= 0.3 is 0 Å². The molecule has 0 amide bonds. The van der Waals surface area contributed by atoms with Crippen LogP contribution in [0.3, 0.4) is 0 Å². The van der Waals surface area contributed by atoms with E-state index in [1.807, 2.05) is 0 Å². The van der Waals surface area contributed by atoms with Crippen molar-refractivity contribution in [3.63, 3.8) is 0 Å². The van der Waals surface area contributed by atoms with Crippen molar-refractivity contribution >= 4 is 0 Å². The fraction of sp³-hybridized carbons (Fsp3) is 0.667. The van der Waals surface area contributed by atoms with E-state index in [4.69, 9.17) is 0 Å². The molecular formula is C15H24FN3. The molecule has 1 aromatic heterocycles. The Morgan fingerprint density at radius 3 is 2.53 bits per heavy atom. The number of nitrogens with one attached hydrogen (secondary N) is 1. The van der Waals surface area contributed by atoms with E-state index in [-0.39, 0.29) is 11.9 Å². The predicted octanol–water partition coefficient (Wildman–Crippen LogP) is 2.74. The van der Waals surface area contributed by atoms with Crippen LogP contribution in [0.2, 0.25) is 0 Å². The first kappa shape index (κ1) is 14.4. The molecule has 4 heteroatoms. The van der Waals surface area contributed by atoms with Gasteiger partial charge in [0.1, 0.15) is 5.82 Å². The SMILES string of the molecule is CC(NC1CCN(C(C)C)CC1)c1cncc(F)c1. The summed E-state index contributed by atoms with van der Waals surface area (Å²) in [7, 11) is 0. The maximum Gasteiger partial charge on any atom is 0.141 e. The third-order valence-corrected chi connectivity index (χ3v) is 3.97. The molecule has 1 aliphatic heterocycles. The van der Waals surface area contributed by atoms with Gasteiger partial charge < -0.3 is 10.2 Å². The van der Waals surface area contributed by atoms with E-state index in [2.05, 4.69) is 36.0 Å². The third kappa shape index (κ3) is 3.98. The van der Waals surface area contributed by atoms with Crippen molar-refractivity contribution in [1.29, 1.82) is 0 Å². The van der Waals surface area contributed by atoms with Crippen LogP contribution in [0.4, 0.5) is 4.39 Å². The van der Waals surface area contributed by atoms with E-state index in [0.717, 1.165) is 31.5 Å². The minimum Gasteiger partial charge on any atom is -0.307 e. The highest BCUT2D eigenvalue weighted by Crippen LogP contribution is 2.18. The van der Waals surface area contributed by atoms with Gasteiger partial charge in [0.05, 0.1) is 6.20 Å². The van der Waals surface area contributed by atoms with E-state index >= 15 is 0 Å². The Labute approximate surface area is 115 Å². The molecule has 1 unspecified atom stereocenters. The molecule has 0 aromatic carbocycles. The summed E-state index contributed by atoms with van der Waals surface area (Å²) >= 11 is 0. The van der Waals surface area contributed by atoms with Crippen LogP contribution in [0.5, 0.6) is 0 Å². The number of halogens is 1. The van der Waals surface area contributed by atoms with E-state index < -0.39 is 0 Å². The molecular weight excluding hydrogens is 241 g/mol. The molecule has 0 saturated carbocycles. The molecule has 19 heavy (non-hydrogen) atoms. The van der Waals surface area contributed by atoms with Crippen molar-refractivity contribution < 1.29 is 4.39 Å². The highest BCUT2D eigenvalue weighted by molar-refractivity contribution is 5.14. The van der Waals surface area contributed by atoms with E-state index in [9.17, 15) is 4.39 Å². The molecule has 1 aromatic rings. The first-order chi connectivity index (χ1) is 9.06. The van der Waals surface area contributed by atoms with Crippen LogP contribution in [0.1, 0.15) is 45.2 Å². The third-order valence-electron chi connectivity index (χ3n) is 3.97. The summed E-state index contributed by atoms with van der Waals surface area (Å²) in [5, 5.41) is 3.59. The molecule has 0 aliphatic carbocycles. The Balaban J connectivity index is 1.85. The number of rotatable bonds is 4. The monoisotopic (exact) mass is 265 g/mol. The minimum absolute atomic E-state index is 0.152. The van der Waals surface area contributed by atoms with Gasteiger partial charge in [-0.2, -0.15) is 0 Å². The lowest BCUT2D eigenvalue weighted by atomic mass is 10.0. The molecule has 0 radical (unpaired) electrons. The first-order valence-corrected chi connectivity index (χ1v) is 7.17. The lowest BCUT2D eigenvalue weighted by Gasteiger charge is -2.36. The van der Waals surface area contributed by atoms with Gasteiger partial charge in [-0.3, -0.25) is 4.98 Å². The highest BCUT2D eigenvalue weighted by Gasteiger charge is 2.22. The highest BCUT2D eigenvalue weighted by atomic mass is 19.1. The van der Waals surface area contributed by atoms with Crippen molar-refractivity contribution in [2.75, 3.05) is 13.1 Å². The van der Waals surface area contributed by atoms with Gasteiger partial charge in [-0.15, -0.1) is 0 Å². The van der Waals surface area contributed by atoms with Crippen LogP contribution in [-0.4, -0.2) is 35.1 Å². The summed E-state index contributed by atoms with van der Waals surface area (Å²) in [6, 6.07) is 2.87. The number of pyridine rings is 1. The standard InChI is InChI=1S/C15H24FN3/c1-11(2)19-6-4-15(5-7-19)18-12(3)13-8-14(16)10-17-9-13/h8-12,15,18H,4-7H2,1-3H3. The number of nitrogens with zero attached hydrogens (tertiary/aromatic N) is 2. The zero-order valence-corrected chi connectivity index (χ0v) is 12.1. The minimum atomic E-state index is -0.263. The van der Waals surface area contributed by atoms with Gasteiger partial charge in [-0.05, 0) is 58.3 Å². The van der Waals surface area contributed by atoms with Crippen LogP contribution >= 0.6 is 0 Å². The quantitative estimate of drug-likeness (QED) is 0.907. The van der Waals surface area contributed by atoms with E-state index in [0.29, 0.717) is 12.1 Å². The smallest absolute Gasteiger partial charge is 0.141 e. The molecule has 1 N–H and O–H groups in total. The van der Waals surface area contributed by atoms with Gasteiger partial charge in [0, 0.05) is 24.3 Å². The number of likely N-dealkylation sites (tertiary alicyclic amines) is 1. The molecule has 0 bridgehead atoms. The van der Waals surface area contributed by atoms with Crippen molar-refractivity contribution in [3.05, 3.63) is 29.8 Å². The zero-order chi connectivity index (χ0) is 13.8. The molecule has 106 valence electrons. The predicted molar refractivity (Wildman–Crippen MR) is 75.5 cm³/mol. The summed E-state index contributed by atoms with van der Waals surface area (Å²) in [5.41, 5.74) is 0.922. The Morgan fingerprint density at radius 1 is 1.26 bits per heavy atom. The molecule has 2 heterocycles. The summed E-state index contributed by atoms with van der Waals surface area (Å²) < 4.78 is 13.1. The fourth-order valence-corrected chi connectivity index (χ4v) is 2.70. The van der Waals surface area contributed by atoms with Crippen LogP contribution < -0.4 is 5.32 Å². The average Bonchev–Trinajstić information content (AvgIpc) is 2.39.